The van der Waals surface area contributed by atoms with Crippen LogP contribution in [0.5, 0.6) is 0 Å². The maximum Gasteiger partial charge on any atom is 0.336 e. The number of rotatable bonds is 4. The van der Waals surface area contributed by atoms with Gasteiger partial charge in [0.05, 0.1) is 11.7 Å². The number of carboxylic acid groups (broad SMARTS) is 1. The Morgan fingerprint density at radius 1 is 1.22 bits per heavy atom. The second-order valence-electron chi connectivity index (χ2n) is 4.15. The number of aromatic carboxylic acids is 1. The molecule has 0 spiro atoms. The molecule has 1 aromatic heterocycles. The Kier molecular flexibility index (Phi) is 3.79. The molecule has 0 saturated heterocycles. The first-order valence-electron chi connectivity index (χ1n) is 5.65. The van der Waals surface area contributed by atoms with Gasteiger partial charge in [-0.3, -0.25) is 0 Å². The summed E-state index contributed by atoms with van der Waals surface area (Å²) in [4.78, 5) is 11.6. The van der Waals surface area contributed by atoms with Crippen LogP contribution in [0.2, 0.25) is 0 Å². The highest BCUT2D eigenvalue weighted by Crippen LogP contribution is 2.35. The summed E-state index contributed by atoms with van der Waals surface area (Å²) in [5, 5.41) is 21.1. The number of benzene rings is 1. The van der Waals surface area contributed by atoms with Crippen LogP contribution in [0.15, 0.2) is 41.8 Å². The van der Waals surface area contributed by atoms with Gasteiger partial charge in [-0.1, -0.05) is 37.3 Å². The Balaban J connectivity index is 2.29. The summed E-state index contributed by atoms with van der Waals surface area (Å²) < 4.78 is 0. The molecule has 3 nitrogen and oxygen atoms in total. The molecule has 0 aliphatic rings. The fraction of sp³-hybridized carbons (Fsp3) is 0.214. The molecular formula is C14H14O3S. The fourth-order valence-electron chi connectivity index (χ4n) is 1.89. The topological polar surface area (TPSA) is 57.5 Å². The van der Waals surface area contributed by atoms with Crippen LogP contribution in [-0.4, -0.2) is 16.2 Å². The molecule has 0 aliphatic carbocycles. The summed E-state index contributed by atoms with van der Waals surface area (Å²) in [6.07, 6.45) is -0.793. The van der Waals surface area contributed by atoms with E-state index in [2.05, 4.69) is 0 Å². The maximum absolute atomic E-state index is 11.0. The quantitative estimate of drug-likeness (QED) is 0.889. The van der Waals surface area contributed by atoms with E-state index in [1.165, 1.54) is 17.4 Å². The van der Waals surface area contributed by atoms with Crippen molar-refractivity contribution in [3.63, 3.8) is 0 Å². The molecule has 0 radical (unpaired) electrons. The minimum Gasteiger partial charge on any atom is -0.478 e. The smallest absolute Gasteiger partial charge is 0.336 e. The molecule has 0 aliphatic heterocycles. The van der Waals surface area contributed by atoms with Crippen molar-refractivity contribution in [3.8, 4) is 0 Å². The average molecular weight is 262 g/mol. The molecule has 0 bridgehead atoms. The molecule has 2 rings (SSSR count). The summed E-state index contributed by atoms with van der Waals surface area (Å²) in [5.41, 5.74) is 1.19. The van der Waals surface area contributed by atoms with Gasteiger partial charge in [0.15, 0.2) is 0 Å². The van der Waals surface area contributed by atoms with Crippen molar-refractivity contribution in [3.05, 3.63) is 57.8 Å². The molecule has 2 unspecified atom stereocenters. The van der Waals surface area contributed by atoms with Crippen molar-refractivity contribution in [1.82, 2.24) is 0 Å². The van der Waals surface area contributed by atoms with E-state index in [4.69, 9.17) is 5.11 Å². The van der Waals surface area contributed by atoms with Gasteiger partial charge in [0.1, 0.15) is 0 Å². The van der Waals surface area contributed by atoms with Crippen LogP contribution in [0.25, 0.3) is 0 Å². The van der Waals surface area contributed by atoms with E-state index in [1.54, 1.807) is 5.38 Å². The number of carbonyl (C=O) groups is 1. The number of aliphatic hydroxyl groups is 1. The lowest BCUT2D eigenvalue weighted by Gasteiger charge is -2.18. The van der Waals surface area contributed by atoms with E-state index in [1.807, 2.05) is 37.3 Å². The zero-order chi connectivity index (χ0) is 13.1. The van der Waals surface area contributed by atoms with Crippen LogP contribution in [0, 0.1) is 0 Å². The number of thiophene rings is 1. The van der Waals surface area contributed by atoms with Crippen LogP contribution in [0.4, 0.5) is 0 Å². The standard InChI is InChI=1S/C14H14O3S/c1-9(10-5-3-2-4-6-10)12(15)13-11(14(16)17)7-8-18-13/h2-9,12,15H,1H3,(H,16,17). The summed E-state index contributed by atoms with van der Waals surface area (Å²) in [6, 6.07) is 11.1. The van der Waals surface area contributed by atoms with Gasteiger partial charge < -0.3 is 10.2 Å². The first-order chi connectivity index (χ1) is 8.61. The number of hydrogen-bond donors (Lipinski definition) is 2. The second-order valence-corrected chi connectivity index (χ2v) is 5.10. The van der Waals surface area contributed by atoms with Crippen molar-refractivity contribution in [2.75, 3.05) is 0 Å². The zero-order valence-electron chi connectivity index (χ0n) is 9.91. The summed E-state index contributed by atoms with van der Waals surface area (Å²) in [5.74, 6) is -1.13. The first-order valence-corrected chi connectivity index (χ1v) is 6.53. The van der Waals surface area contributed by atoms with Crippen molar-refractivity contribution in [1.29, 1.82) is 0 Å². The molecule has 1 heterocycles. The summed E-state index contributed by atoms with van der Waals surface area (Å²) in [7, 11) is 0. The van der Waals surface area contributed by atoms with Gasteiger partial charge in [0, 0.05) is 10.8 Å². The van der Waals surface area contributed by atoms with Crippen LogP contribution in [-0.2, 0) is 0 Å². The highest BCUT2D eigenvalue weighted by atomic mass is 32.1. The van der Waals surface area contributed by atoms with Crippen molar-refractivity contribution < 1.29 is 15.0 Å². The molecule has 0 fully saturated rings. The van der Waals surface area contributed by atoms with Gasteiger partial charge in [-0.05, 0) is 17.0 Å². The molecule has 2 N–H and O–H groups in total. The van der Waals surface area contributed by atoms with Gasteiger partial charge in [-0.25, -0.2) is 4.79 Å². The van der Waals surface area contributed by atoms with Crippen LogP contribution < -0.4 is 0 Å². The Hall–Kier alpha value is -1.65. The van der Waals surface area contributed by atoms with E-state index in [0.29, 0.717) is 4.88 Å². The molecule has 2 aromatic rings. The lowest BCUT2D eigenvalue weighted by atomic mass is 9.93. The van der Waals surface area contributed by atoms with Gasteiger partial charge in [-0.2, -0.15) is 0 Å². The van der Waals surface area contributed by atoms with E-state index in [9.17, 15) is 9.90 Å². The molecule has 0 amide bonds. The SMILES string of the molecule is CC(c1ccccc1)C(O)c1sccc1C(=O)O. The van der Waals surface area contributed by atoms with Gasteiger partial charge in [-0.15, -0.1) is 11.3 Å². The lowest BCUT2D eigenvalue weighted by molar-refractivity contribution is 0.0688. The van der Waals surface area contributed by atoms with Crippen LogP contribution in [0.1, 0.15) is 39.7 Å². The maximum atomic E-state index is 11.0. The highest BCUT2D eigenvalue weighted by Gasteiger charge is 2.24. The second kappa shape index (κ2) is 5.33. The fourth-order valence-corrected chi connectivity index (χ4v) is 2.87. The van der Waals surface area contributed by atoms with Crippen molar-refractivity contribution in [2.24, 2.45) is 0 Å². The zero-order valence-corrected chi connectivity index (χ0v) is 10.7. The molecular weight excluding hydrogens is 248 g/mol. The molecule has 0 saturated carbocycles. The normalized spacial score (nSPS) is 14.1. The van der Waals surface area contributed by atoms with E-state index in [0.717, 1.165) is 5.56 Å². The Morgan fingerprint density at radius 3 is 2.50 bits per heavy atom. The molecule has 94 valence electrons. The van der Waals surface area contributed by atoms with Crippen molar-refractivity contribution in [2.45, 2.75) is 18.9 Å². The Labute approximate surface area is 109 Å². The molecule has 2 atom stereocenters. The molecule has 18 heavy (non-hydrogen) atoms. The predicted molar refractivity (Wildman–Crippen MR) is 71.1 cm³/mol. The predicted octanol–water partition coefficient (Wildman–Crippen LogP) is 3.28. The van der Waals surface area contributed by atoms with Crippen LogP contribution in [0.3, 0.4) is 0 Å². The Morgan fingerprint density at radius 2 is 1.89 bits per heavy atom. The largest absolute Gasteiger partial charge is 0.478 e. The third-order valence-corrected chi connectivity index (χ3v) is 3.98. The van der Waals surface area contributed by atoms with E-state index >= 15 is 0 Å². The van der Waals surface area contributed by atoms with Crippen molar-refractivity contribution >= 4 is 17.3 Å². The summed E-state index contributed by atoms with van der Waals surface area (Å²) >= 11 is 1.28. The average Bonchev–Trinajstić information content (AvgIpc) is 2.87. The number of hydrogen-bond acceptors (Lipinski definition) is 3. The van der Waals surface area contributed by atoms with Gasteiger partial charge >= 0.3 is 5.97 Å². The number of carboxylic acids is 1. The van der Waals surface area contributed by atoms with Gasteiger partial charge in [0.2, 0.25) is 0 Å². The van der Waals surface area contributed by atoms with Crippen LogP contribution >= 0.6 is 11.3 Å². The minimum absolute atomic E-state index is 0.136. The monoisotopic (exact) mass is 262 g/mol. The Bertz CT molecular complexity index is 533. The molecule has 1 aromatic carbocycles. The van der Waals surface area contributed by atoms with E-state index in [-0.39, 0.29) is 11.5 Å². The van der Waals surface area contributed by atoms with E-state index < -0.39 is 12.1 Å². The highest BCUT2D eigenvalue weighted by molar-refractivity contribution is 7.10. The third kappa shape index (κ3) is 2.44. The first kappa shape index (κ1) is 12.8. The lowest BCUT2D eigenvalue weighted by Crippen LogP contribution is -2.10. The third-order valence-electron chi connectivity index (χ3n) is 2.99. The molecule has 4 heteroatoms. The summed E-state index contributed by atoms with van der Waals surface area (Å²) in [6.45, 7) is 1.89. The minimum atomic E-state index is -0.995. The van der Waals surface area contributed by atoms with Gasteiger partial charge in [0.25, 0.3) is 0 Å². The number of aliphatic hydroxyl groups excluding tert-OH is 1.